The molecule has 4 nitrogen and oxygen atoms in total. The summed E-state index contributed by atoms with van der Waals surface area (Å²) in [5, 5.41) is 3.44. The molecule has 2 heterocycles. The maximum atomic E-state index is 5.55. The Bertz CT molecular complexity index is 431. The highest BCUT2D eigenvalue weighted by molar-refractivity contribution is 9.10. The summed E-state index contributed by atoms with van der Waals surface area (Å²) in [7, 11) is 0. The molecule has 100 valence electrons. The van der Waals surface area contributed by atoms with Gasteiger partial charge in [-0.1, -0.05) is 20.8 Å². The van der Waals surface area contributed by atoms with Gasteiger partial charge >= 0.3 is 0 Å². The van der Waals surface area contributed by atoms with Gasteiger partial charge < -0.3 is 10.1 Å². The van der Waals surface area contributed by atoms with Gasteiger partial charge in [0, 0.05) is 18.1 Å². The largest absolute Gasteiger partial charge is 0.376 e. The predicted molar refractivity (Wildman–Crippen MR) is 75.9 cm³/mol. The van der Waals surface area contributed by atoms with Crippen LogP contribution < -0.4 is 5.32 Å². The minimum absolute atomic E-state index is 0.0575. The first kappa shape index (κ1) is 13.7. The SMILES string of the molecule is CC1OCCC1Nc1cc(Br)nc(C(C)(C)C)n1. The van der Waals surface area contributed by atoms with Crippen molar-refractivity contribution in [3.8, 4) is 0 Å². The quantitative estimate of drug-likeness (QED) is 0.852. The van der Waals surface area contributed by atoms with Crippen molar-refractivity contribution in [2.45, 2.75) is 51.7 Å². The van der Waals surface area contributed by atoms with Gasteiger partial charge in [-0.15, -0.1) is 0 Å². The van der Waals surface area contributed by atoms with Gasteiger partial charge in [0.25, 0.3) is 0 Å². The van der Waals surface area contributed by atoms with Crippen molar-refractivity contribution in [2.24, 2.45) is 0 Å². The van der Waals surface area contributed by atoms with E-state index in [1.165, 1.54) is 0 Å². The van der Waals surface area contributed by atoms with Crippen LogP contribution in [0.4, 0.5) is 5.82 Å². The van der Waals surface area contributed by atoms with E-state index in [0.717, 1.165) is 29.3 Å². The maximum absolute atomic E-state index is 5.55. The molecule has 1 aliphatic heterocycles. The second-order valence-corrected chi connectivity index (χ2v) is 6.58. The van der Waals surface area contributed by atoms with E-state index in [9.17, 15) is 0 Å². The van der Waals surface area contributed by atoms with Crippen LogP contribution >= 0.6 is 15.9 Å². The van der Waals surface area contributed by atoms with E-state index < -0.39 is 0 Å². The molecule has 1 aromatic rings. The molecule has 1 aliphatic rings. The summed E-state index contributed by atoms with van der Waals surface area (Å²) in [5.41, 5.74) is -0.0575. The number of ether oxygens (including phenoxy) is 1. The molecule has 0 saturated carbocycles. The van der Waals surface area contributed by atoms with Crippen molar-refractivity contribution in [1.82, 2.24) is 9.97 Å². The van der Waals surface area contributed by atoms with Crippen LogP contribution in [0.1, 0.15) is 39.9 Å². The van der Waals surface area contributed by atoms with Crippen LogP contribution in [0.2, 0.25) is 0 Å². The predicted octanol–water partition coefficient (Wildman–Crippen LogP) is 3.13. The number of rotatable bonds is 2. The minimum atomic E-state index is -0.0575. The maximum Gasteiger partial charge on any atom is 0.137 e. The van der Waals surface area contributed by atoms with Crippen molar-refractivity contribution >= 4 is 21.7 Å². The Morgan fingerprint density at radius 2 is 2.11 bits per heavy atom. The lowest BCUT2D eigenvalue weighted by Gasteiger charge is -2.20. The number of aromatic nitrogens is 2. The van der Waals surface area contributed by atoms with Gasteiger partial charge in [-0.25, -0.2) is 9.97 Å². The van der Waals surface area contributed by atoms with Gasteiger partial charge in [0.2, 0.25) is 0 Å². The normalized spacial score (nSPS) is 24.3. The molecular weight excluding hydrogens is 294 g/mol. The van der Waals surface area contributed by atoms with E-state index in [1.807, 2.05) is 6.07 Å². The lowest BCUT2D eigenvalue weighted by atomic mass is 9.96. The second-order valence-electron chi connectivity index (χ2n) is 5.76. The first-order valence-electron chi connectivity index (χ1n) is 6.29. The van der Waals surface area contributed by atoms with E-state index in [0.29, 0.717) is 6.04 Å². The molecule has 0 amide bonds. The van der Waals surface area contributed by atoms with Crippen molar-refractivity contribution in [3.63, 3.8) is 0 Å². The van der Waals surface area contributed by atoms with E-state index in [1.54, 1.807) is 0 Å². The molecule has 0 radical (unpaired) electrons. The molecule has 2 unspecified atom stereocenters. The number of halogens is 1. The van der Waals surface area contributed by atoms with Gasteiger partial charge in [-0.05, 0) is 29.3 Å². The summed E-state index contributed by atoms with van der Waals surface area (Å²) in [6.07, 6.45) is 1.25. The zero-order valence-corrected chi connectivity index (χ0v) is 12.9. The molecule has 0 aromatic carbocycles. The number of hydrogen-bond acceptors (Lipinski definition) is 4. The third-order valence-corrected chi connectivity index (χ3v) is 3.48. The monoisotopic (exact) mass is 313 g/mol. The summed E-state index contributed by atoms with van der Waals surface area (Å²) in [5.74, 6) is 1.70. The van der Waals surface area contributed by atoms with Crippen LogP contribution in [0.5, 0.6) is 0 Å². The van der Waals surface area contributed by atoms with Gasteiger partial charge in [-0.2, -0.15) is 0 Å². The summed E-state index contributed by atoms with van der Waals surface area (Å²) in [6.45, 7) is 9.24. The molecular formula is C13H20BrN3O. The summed E-state index contributed by atoms with van der Waals surface area (Å²) in [6, 6.07) is 2.25. The van der Waals surface area contributed by atoms with Gasteiger partial charge in [0.05, 0.1) is 12.1 Å². The van der Waals surface area contributed by atoms with Gasteiger partial charge in [-0.3, -0.25) is 0 Å². The topological polar surface area (TPSA) is 47.0 Å². The Morgan fingerprint density at radius 1 is 1.39 bits per heavy atom. The van der Waals surface area contributed by atoms with Crippen molar-refractivity contribution in [1.29, 1.82) is 0 Å². The molecule has 2 rings (SSSR count). The number of anilines is 1. The van der Waals surface area contributed by atoms with Gasteiger partial charge in [0.1, 0.15) is 16.2 Å². The standard InChI is InChI=1S/C13H20BrN3O/c1-8-9(5-6-18-8)15-11-7-10(14)16-12(17-11)13(2,3)4/h7-9H,5-6H2,1-4H3,(H,15,16,17). The molecule has 0 aliphatic carbocycles. The smallest absolute Gasteiger partial charge is 0.137 e. The second kappa shape index (κ2) is 5.13. The first-order chi connectivity index (χ1) is 8.36. The van der Waals surface area contributed by atoms with Crippen molar-refractivity contribution in [2.75, 3.05) is 11.9 Å². The van der Waals surface area contributed by atoms with Crippen LogP contribution in [0.15, 0.2) is 10.7 Å². The Morgan fingerprint density at radius 3 is 2.67 bits per heavy atom. The van der Waals surface area contributed by atoms with Crippen LogP contribution in [-0.2, 0) is 10.2 Å². The fourth-order valence-electron chi connectivity index (χ4n) is 1.94. The third kappa shape index (κ3) is 3.20. The average molecular weight is 314 g/mol. The summed E-state index contributed by atoms with van der Waals surface area (Å²) in [4.78, 5) is 9.03. The van der Waals surface area contributed by atoms with E-state index in [2.05, 4.69) is 58.9 Å². The molecule has 1 fully saturated rings. The number of nitrogens with zero attached hydrogens (tertiary/aromatic N) is 2. The molecule has 2 atom stereocenters. The molecule has 1 saturated heterocycles. The molecule has 5 heteroatoms. The Labute approximate surface area is 117 Å². The van der Waals surface area contributed by atoms with Crippen LogP contribution in [0, 0.1) is 0 Å². The molecule has 0 bridgehead atoms. The highest BCUT2D eigenvalue weighted by Crippen LogP contribution is 2.24. The third-order valence-electron chi connectivity index (χ3n) is 3.08. The molecule has 1 aromatic heterocycles. The van der Waals surface area contributed by atoms with Crippen LogP contribution in [0.3, 0.4) is 0 Å². The van der Waals surface area contributed by atoms with E-state index in [-0.39, 0.29) is 11.5 Å². The lowest BCUT2D eigenvalue weighted by molar-refractivity contribution is 0.121. The Hall–Kier alpha value is -0.680. The molecule has 1 N–H and O–H groups in total. The summed E-state index contributed by atoms with van der Waals surface area (Å²) < 4.78 is 6.36. The molecule has 18 heavy (non-hydrogen) atoms. The Balaban J connectivity index is 2.20. The van der Waals surface area contributed by atoms with Crippen molar-refractivity contribution in [3.05, 3.63) is 16.5 Å². The Kier molecular flexibility index (Phi) is 3.92. The van der Waals surface area contributed by atoms with Gasteiger partial charge in [0.15, 0.2) is 0 Å². The highest BCUT2D eigenvalue weighted by Gasteiger charge is 2.25. The lowest BCUT2D eigenvalue weighted by Crippen LogP contribution is -2.28. The fourth-order valence-corrected chi connectivity index (χ4v) is 2.32. The summed E-state index contributed by atoms with van der Waals surface area (Å²) >= 11 is 3.45. The minimum Gasteiger partial charge on any atom is -0.376 e. The fraction of sp³-hybridized carbons (Fsp3) is 0.692. The zero-order valence-electron chi connectivity index (χ0n) is 11.3. The number of hydrogen-bond donors (Lipinski definition) is 1. The highest BCUT2D eigenvalue weighted by atomic mass is 79.9. The molecule has 0 spiro atoms. The van der Waals surface area contributed by atoms with Crippen LogP contribution in [-0.4, -0.2) is 28.7 Å². The number of nitrogens with one attached hydrogen (secondary N) is 1. The van der Waals surface area contributed by atoms with Crippen LogP contribution in [0.25, 0.3) is 0 Å². The first-order valence-corrected chi connectivity index (χ1v) is 7.09. The van der Waals surface area contributed by atoms with E-state index >= 15 is 0 Å². The van der Waals surface area contributed by atoms with Crippen molar-refractivity contribution < 1.29 is 4.74 Å². The zero-order chi connectivity index (χ0) is 13.3. The van der Waals surface area contributed by atoms with E-state index in [4.69, 9.17) is 4.74 Å². The average Bonchev–Trinajstić information content (AvgIpc) is 2.62.